The van der Waals surface area contributed by atoms with Crippen LogP contribution in [0, 0.1) is 0 Å². The van der Waals surface area contributed by atoms with Crippen LogP contribution < -0.4 is 10.6 Å². The summed E-state index contributed by atoms with van der Waals surface area (Å²) in [4.78, 5) is 25.7. The minimum atomic E-state index is -0.218. The second-order valence-corrected chi connectivity index (χ2v) is 7.43. The molecule has 1 aromatic carbocycles. The van der Waals surface area contributed by atoms with Crippen LogP contribution in [0.5, 0.6) is 0 Å². The molecule has 4 nitrogen and oxygen atoms in total. The molecule has 2 aliphatic rings. The van der Waals surface area contributed by atoms with Gasteiger partial charge in [0.05, 0.1) is 12.5 Å². The summed E-state index contributed by atoms with van der Waals surface area (Å²) in [7, 11) is 0. The van der Waals surface area contributed by atoms with E-state index in [-0.39, 0.29) is 24.3 Å². The molecule has 1 aliphatic heterocycles. The monoisotopic (exact) mass is 340 g/mol. The average molecular weight is 340 g/mol. The van der Waals surface area contributed by atoms with Crippen LogP contribution in [0.4, 0.5) is 0 Å². The summed E-state index contributed by atoms with van der Waals surface area (Å²) < 4.78 is 0. The van der Waals surface area contributed by atoms with Crippen molar-refractivity contribution >= 4 is 23.2 Å². The quantitative estimate of drug-likeness (QED) is 0.898. The van der Waals surface area contributed by atoms with Gasteiger partial charge in [0.15, 0.2) is 0 Å². The number of carbonyl (C=O) groups excluding carboxylic acids is 2. The zero-order chi connectivity index (χ0) is 16.5. The van der Waals surface area contributed by atoms with Crippen molar-refractivity contribution in [2.45, 2.75) is 44.7 Å². The molecule has 2 heterocycles. The fourth-order valence-electron chi connectivity index (χ4n) is 3.64. The Balaban J connectivity index is 1.38. The van der Waals surface area contributed by atoms with E-state index in [1.807, 2.05) is 29.5 Å². The Morgan fingerprint density at radius 3 is 3.00 bits per heavy atom. The number of fused-ring (bicyclic) bond motifs is 2. The van der Waals surface area contributed by atoms with Gasteiger partial charge >= 0.3 is 0 Å². The molecular formula is C19H20N2O2S. The number of rotatable bonds is 4. The Bertz CT molecular complexity index is 796. The van der Waals surface area contributed by atoms with Crippen molar-refractivity contribution in [2.24, 2.45) is 0 Å². The van der Waals surface area contributed by atoms with Gasteiger partial charge in [-0.1, -0.05) is 18.2 Å². The number of carbonyl (C=O) groups is 2. The molecule has 1 aliphatic carbocycles. The van der Waals surface area contributed by atoms with Crippen molar-refractivity contribution in [1.82, 2.24) is 10.6 Å². The van der Waals surface area contributed by atoms with E-state index in [4.69, 9.17) is 0 Å². The standard InChI is InChI=1S/C19H20N2O2S/c22-18(9-16-14-6-1-2-7-15(14)19(23)21-16)20-10-12-11-24-17-8-4-3-5-13(12)17/h1-2,6-7,11,16H,3-5,8-10H2,(H,20,22)(H,21,23)/t16-/m0/s1. The SMILES string of the molecule is O=C(C[C@@H]1NC(=O)c2ccccc21)NCc1csc2c1CCCC2. The predicted octanol–water partition coefficient (Wildman–Crippen LogP) is 3.12. The summed E-state index contributed by atoms with van der Waals surface area (Å²) in [6, 6.07) is 7.26. The first-order valence-electron chi connectivity index (χ1n) is 8.47. The number of amides is 2. The maximum absolute atomic E-state index is 12.3. The van der Waals surface area contributed by atoms with Crippen LogP contribution in [0.25, 0.3) is 0 Å². The van der Waals surface area contributed by atoms with E-state index < -0.39 is 0 Å². The molecule has 2 aromatic rings. The maximum atomic E-state index is 12.3. The predicted molar refractivity (Wildman–Crippen MR) is 94.1 cm³/mol. The van der Waals surface area contributed by atoms with Crippen LogP contribution in [0.15, 0.2) is 29.6 Å². The molecular weight excluding hydrogens is 320 g/mol. The molecule has 1 atom stereocenters. The van der Waals surface area contributed by atoms with Gasteiger partial charge in [0.1, 0.15) is 0 Å². The number of hydrogen-bond donors (Lipinski definition) is 2. The number of aryl methyl sites for hydroxylation is 1. The fourth-order valence-corrected chi connectivity index (χ4v) is 4.79. The van der Waals surface area contributed by atoms with E-state index in [9.17, 15) is 9.59 Å². The molecule has 4 rings (SSSR count). The first-order valence-corrected chi connectivity index (χ1v) is 9.35. The molecule has 0 saturated carbocycles. The van der Waals surface area contributed by atoms with Crippen LogP contribution in [0.3, 0.4) is 0 Å². The molecule has 0 spiro atoms. The first-order chi connectivity index (χ1) is 11.7. The molecule has 5 heteroatoms. The van der Waals surface area contributed by atoms with E-state index >= 15 is 0 Å². The van der Waals surface area contributed by atoms with Gasteiger partial charge in [-0.05, 0) is 53.8 Å². The molecule has 0 fully saturated rings. The summed E-state index contributed by atoms with van der Waals surface area (Å²) in [6.07, 6.45) is 5.12. The minimum absolute atomic E-state index is 0.0206. The molecule has 0 radical (unpaired) electrons. The smallest absolute Gasteiger partial charge is 0.252 e. The van der Waals surface area contributed by atoms with Crippen LogP contribution >= 0.6 is 11.3 Å². The van der Waals surface area contributed by atoms with E-state index in [1.165, 1.54) is 35.3 Å². The third kappa shape index (κ3) is 2.84. The maximum Gasteiger partial charge on any atom is 0.252 e. The zero-order valence-electron chi connectivity index (χ0n) is 13.4. The highest BCUT2D eigenvalue weighted by atomic mass is 32.1. The van der Waals surface area contributed by atoms with E-state index in [0.717, 1.165) is 12.0 Å². The van der Waals surface area contributed by atoms with Crippen LogP contribution in [-0.4, -0.2) is 11.8 Å². The first kappa shape index (κ1) is 15.4. The van der Waals surface area contributed by atoms with E-state index in [0.29, 0.717) is 12.1 Å². The lowest BCUT2D eigenvalue weighted by atomic mass is 9.96. The van der Waals surface area contributed by atoms with Crippen LogP contribution in [-0.2, 0) is 24.2 Å². The molecule has 0 unspecified atom stereocenters. The Labute approximate surface area is 145 Å². The third-order valence-electron chi connectivity index (χ3n) is 4.90. The van der Waals surface area contributed by atoms with Gasteiger partial charge in [-0.15, -0.1) is 11.3 Å². The minimum Gasteiger partial charge on any atom is -0.352 e. The largest absolute Gasteiger partial charge is 0.352 e. The number of thiophene rings is 1. The molecule has 0 saturated heterocycles. The number of nitrogens with one attached hydrogen (secondary N) is 2. The Morgan fingerprint density at radius 1 is 1.25 bits per heavy atom. The van der Waals surface area contributed by atoms with Gasteiger partial charge in [0.25, 0.3) is 5.91 Å². The summed E-state index contributed by atoms with van der Waals surface area (Å²) in [5, 5.41) is 8.10. The molecule has 24 heavy (non-hydrogen) atoms. The van der Waals surface area contributed by atoms with E-state index in [1.54, 1.807) is 6.07 Å². The van der Waals surface area contributed by atoms with Crippen molar-refractivity contribution < 1.29 is 9.59 Å². The van der Waals surface area contributed by atoms with E-state index in [2.05, 4.69) is 16.0 Å². The number of hydrogen-bond acceptors (Lipinski definition) is 3. The molecule has 0 bridgehead atoms. The summed E-state index contributed by atoms with van der Waals surface area (Å²) in [5.74, 6) is -0.108. The Hall–Kier alpha value is -2.14. The van der Waals surface area contributed by atoms with Gasteiger partial charge in [0, 0.05) is 17.0 Å². The molecule has 1 aromatic heterocycles. The number of benzene rings is 1. The molecule has 2 amide bonds. The van der Waals surface area contributed by atoms with Gasteiger partial charge in [0.2, 0.25) is 5.91 Å². The highest BCUT2D eigenvalue weighted by molar-refractivity contribution is 7.10. The van der Waals surface area contributed by atoms with Gasteiger partial charge in [-0.25, -0.2) is 0 Å². The lowest BCUT2D eigenvalue weighted by Crippen LogP contribution is -2.29. The highest BCUT2D eigenvalue weighted by Gasteiger charge is 2.29. The van der Waals surface area contributed by atoms with Crippen molar-refractivity contribution in [3.8, 4) is 0 Å². The van der Waals surface area contributed by atoms with Gasteiger partial charge < -0.3 is 10.6 Å². The normalized spacial score (nSPS) is 18.7. The van der Waals surface area contributed by atoms with Crippen molar-refractivity contribution in [3.05, 3.63) is 56.8 Å². The average Bonchev–Trinajstić information content (AvgIpc) is 3.15. The highest BCUT2D eigenvalue weighted by Crippen LogP contribution is 2.30. The van der Waals surface area contributed by atoms with Crippen LogP contribution in [0.2, 0.25) is 0 Å². The van der Waals surface area contributed by atoms with Crippen molar-refractivity contribution in [1.29, 1.82) is 0 Å². The van der Waals surface area contributed by atoms with Gasteiger partial charge in [-0.2, -0.15) is 0 Å². The third-order valence-corrected chi connectivity index (χ3v) is 6.04. The lowest BCUT2D eigenvalue weighted by Gasteiger charge is -2.14. The second kappa shape index (κ2) is 6.40. The Kier molecular flexibility index (Phi) is 4.10. The molecule has 124 valence electrons. The Morgan fingerprint density at radius 2 is 2.08 bits per heavy atom. The topological polar surface area (TPSA) is 58.2 Å². The van der Waals surface area contributed by atoms with Crippen molar-refractivity contribution in [2.75, 3.05) is 0 Å². The molecule has 2 N–H and O–H groups in total. The summed E-state index contributed by atoms with van der Waals surface area (Å²) in [6.45, 7) is 0.590. The zero-order valence-corrected chi connectivity index (χ0v) is 14.2. The van der Waals surface area contributed by atoms with Crippen molar-refractivity contribution in [3.63, 3.8) is 0 Å². The summed E-state index contributed by atoms with van der Waals surface area (Å²) in [5.41, 5.74) is 4.32. The van der Waals surface area contributed by atoms with Gasteiger partial charge in [-0.3, -0.25) is 9.59 Å². The summed E-state index contributed by atoms with van der Waals surface area (Å²) >= 11 is 1.82. The van der Waals surface area contributed by atoms with Crippen LogP contribution in [0.1, 0.15) is 57.2 Å². The second-order valence-electron chi connectivity index (χ2n) is 6.46. The fraction of sp³-hybridized carbons (Fsp3) is 0.368. The lowest BCUT2D eigenvalue weighted by molar-refractivity contribution is -0.121.